The van der Waals surface area contributed by atoms with Gasteiger partial charge in [0.1, 0.15) is 11.8 Å². The number of carbonyl (C=O) groups is 1. The molecule has 1 atom stereocenters. The summed E-state index contributed by atoms with van der Waals surface area (Å²) >= 11 is 1.74. The van der Waals surface area contributed by atoms with Crippen molar-refractivity contribution in [3.8, 4) is 5.75 Å². The number of benzene rings is 1. The number of anilines is 1. The van der Waals surface area contributed by atoms with Gasteiger partial charge < -0.3 is 10.1 Å². The molecule has 1 rings (SSSR count). The fourth-order valence-electron chi connectivity index (χ4n) is 2.24. The third-order valence-corrected chi connectivity index (χ3v) is 5.85. The van der Waals surface area contributed by atoms with Gasteiger partial charge in [0.15, 0.2) is 0 Å². The molecule has 0 spiro atoms. The fraction of sp³-hybridized carbons (Fsp3) is 0.588. The summed E-state index contributed by atoms with van der Waals surface area (Å²) in [5.41, 5.74) is 0.397. The Bertz CT molecular complexity index is 684. The highest BCUT2D eigenvalue weighted by atomic mass is 32.2. The van der Waals surface area contributed by atoms with E-state index in [2.05, 4.69) is 26.1 Å². The van der Waals surface area contributed by atoms with Crippen molar-refractivity contribution in [1.82, 2.24) is 5.32 Å². The predicted octanol–water partition coefficient (Wildman–Crippen LogP) is 2.50. The molecule has 0 unspecified atom stereocenters. The van der Waals surface area contributed by atoms with Crippen LogP contribution in [-0.2, 0) is 14.8 Å². The van der Waals surface area contributed by atoms with Crippen LogP contribution in [0, 0.1) is 0 Å². The van der Waals surface area contributed by atoms with E-state index in [1.807, 2.05) is 0 Å². The lowest BCUT2D eigenvalue weighted by Gasteiger charge is -2.28. The van der Waals surface area contributed by atoms with Crippen LogP contribution in [0.25, 0.3) is 0 Å². The maximum atomic E-state index is 12.4. The molecule has 0 aliphatic heterocycles. The zero-order valence-corrected chi connectivity index (χ0v) is 17.3. The Morgan fingerprint density at radius 2 is 2.00 bits per heavy atom. The third kappa shape index (κ3) is 7.15. The Hall–Kier alpha value is -1.41. The molecular formula is C17H28N2O4S2. The molecule has 142 valence electrons. The maximum Gasteiger partial charge on any atom is 0.243 e. The second kappa shape index (κ2) is 8.80. The van der Waals surface area contributed by atoms with Gasteiger partial charge in [0.05, 0.1) is 19.1 Å². The Morgan fingerprint density at radius 1 is 1.36 bits per heavy atom. The average molecular weight is 389 g/mol. The van der Waals surface area contributed by atoms with Gasteiger partial charge in [-0.1, -0.05) is 26.8 Å². The summed E-state index contributed by atoms with van der Waals surface area (Å²) < 4.78 is 30.9. The van der Waals surface area contributed by atoms with Crippen molar-refractivity contribution in [2.75, 3.05) is 30.0 Å². The van der Waals surface area contributed by atoms with Crippen LogP contribution < -0.4 is 14.4 Å². The number of thioether (sulfide) groups is 1. The van der Waals surface area contributed by atoms with E-state index < -0.39 is 16.1 Å². The van der Waals surface area contributed by atoms with Gasteiger partial charge in [-0.05, 0) is 19.1 Å². The molecule has 1 N–H and O–H groups in total. The van der Waals surface area contributed by atoms with Crippen molar-refractivity contribution < 1.29 is 17.9 Å². The van der Waals surface area contributed by atoms with Crippen LogP contribution >= 0.6 is 11.8 Å². The molecule has 0 aliphatic carbocycles. The quantitative estimate of drug-likeness (QED) is 0.693. The number of hydrogen-bond acceptors (Lipinski definition) is 5. The Labute approximate surface area is 155 Å². The Morgan fingerprint density at radius 3 is 2.52 bits per heavy atom. The van der Waals surface area contributed by atoms with Crippen molar-refractivity contribution in [2.24, 2.45) is 0 Å². The number of nitrogens with one attached hydrogen (secondary N) is 1. The van der Waals surface area contributed by atoms with E-state index in [9.17, 15) is 13.2 Å². The summed E-state index contributed by atoms with van der Waals surface area (Å²) in [5, 5.41) is 2.81. The summed E-state index contributed by atoms with van der Waals surface area (Å²) in [6, 6.07) is 5.79. The maximum absolute atomic E-state index is 12.4. The number of sulfonamides is 1. The van der Waals surface area contributed by atoms with E-state index in [1.54, 1.807) is 43.0 Å². The number of carbonyl (C=O) groups excluding carboxylic acids is 1. The predicted molar refractivity (Wildman–Crippen MR) is 105 cm³/mol. The van der Waals surface area contributed by atoms with Crippen molar-refractivity contribution >= 4 is 33.4 Å². The van der Waals surface area contributed by atoms with Gasteiger partial charge in [-0.25, -0.2) is 8.42 Å². The molecule has 1 amide bonds. The minimum Gasteiger partial charge on any atom is -0.497 e. The van der Waals surface area contributed by atoms with E-state index in [4.69, 9.17) is 4.74 Å². The van der Waals surface area contributed by atoms with Crippen LogP contribution in [0.2, 0.25) is 0 Å². The second-order valence-electron chi connectivity index (χ2n) is 6.69. The van der Waals surface area contributed by atoms with E-state index in [-0.39, 0.29) is 10.7 Å². The van der Waals surface area contributed by atoms with Crippen molar-refractivity contribution in [3.63, 3.8) is 0 Å². The van der Waals surface area contributed by atoms with Crippen LogP contribution in [0.4, 0.5) is 5.69 Å². The van der Waals surface area contributed by atoms with Gasteiger partial charge in [0.25, 0.3) is 0 Å². The lowest BCUT2D eigenvalue weighted by Crippen LogP contribution is -2.48. The molecule has 25 heavy (non-hydrogen) atoms. The molecule has 8 heteroatoms. The molecule has 0 heterocycles. The standard InChI is InChI=1S/C17H28N2O4S2/c1-13(16(20)18-10-11-24-17(2,3)4)19(25(6,21)22)14-8-7-9-15(12-14)23-5/h7-9,12-13H,10-11H2,1-6H3,(H,18,20)/t13-/m0/s1. The lowest BCUT2D eigenvalue weighted by atomic mass is 10.2. The molecule has 6 nitrogen and oxygen atoms in total. The zero-order valence-electron chi connectivity index (χ0n) is 15.7. The molecule has 1 aromatic carbocycles. The van der Waals surface area contributed by atoms with E-state index in [1.165, 1.54) is 7.11 Å². The largest absolute Gasteiger partial charge is 0.497 e. The first-order chi connectivity index (χ1) is 11.5. The highest BCUT2D eigenvalue weighted by molar-refractivity contribution is 8.00. The van der Waals surface area contributed by atoms with Crippen molar-refractivity contribution in [1.29, 1.82) is 0 Å². The summed E-state index contributed by atoms with van der Waals surface area (Å²) in [4.78, 5) is 12.4. The smallest absolute Gasteiger partial charge is 0.243 e. The van der Waals surface area contributed by atoms with Crippen LogP contribution in [-0.4, -0.2) is 50.8 Å². The lowest BCUT2D eigenvalue weighted by molar-refractivity contribution is -0.121. The topological polar surface area (TPSA) is 75.7 Å². The third-order valence-electron chi connectivity index (χ3n) is 3.33. The van der Waals surface area contributed by atoms with Crippen molar-refractivity contribution in [3.05, 3.63) is 24.3 Å². The van der Waals surface area contributed by atoms with Gasteiger partial charge in [-0.2, -0.15) is 11.8 Å². The summed E-state index contributed by atoms with van der Waals surface area (Å²) in [7, 11) is -2.12. The number of amides is 1. The Kier molecular flexibility index (Phi) is 7.62. The fourth-order valence-corrected chi connectivity index (χ4v) is 4.22. The van der Waals surface area contributed by atoms with E-state index >= 15 is 0 Å². The number of rotatable bonds is 8. The molecule has 0 saturated heterocycles. The van der Waals surface area contributed by atoms with Crippen LogP contribution in [0.5, 0.6) is 5.75 Å². The SMILES string of the molecule is COc1cccc(N([C@@H](C)C(=O)NCCSC(C)(C)C)S(C)(=O)=O)c1. The van der Waals surface area contributed by atoms with E-state index in [0.717, 1.165) is 16.3 Å². The van der Waals surface area contributed by atoms with Crippen LogP contribution in [0.15, 0.2) is 24.3 Å². The molecular weight excluding hydrogens is 360 g/mol. The van der Waals surface area contributed by atoms with Gasteiger partial charge in [0.2, 0.25) is 15.9 Å². The molecule has 0 fully saturated rings. The Balaban J connectivity index is 2.87. The van der Waals surface area contributed by atoms with Gasteiger partial charge in [-0.15, -0.1) is 0 Å². The monoisotopic (exact) mass is 388 g/mol. The molecule has 0 radical (unpaired) electrons. The van der Waals surface area contributed by atoms with Gasteiger partial charge in [-0.3, -0.25) is 9.10 Å². The van der Waals surface area contributed by atoms with Crippen LogP contribution in [0.3, 0.4) is 0 Å². The van der Waals surface area contributed by atoms with Crippen LogP contribution in [0.1, 0.15) is 27.7 Å². The molecule has 1 aromatic rings. The highest BCUT2D eigenvalue weighted by Gasteiger charge is 2.29. The first-order valence-corrected chi connectivity index (χ1v) is 10.8. The summed E-state index contributed by atoms with van der Waals surface area (Å²) in [6.45, 7) is 8.39. The van der Waals surface area contributed by atoms with Gasteiger partial charge >= 0.3 is 0 Å². The zero-order chi connectivity index (χ0) is 19.3. The van der Waals surface area contributed by atoms with E-state index in [0.29, 0.717) is 18.0 Å². The number of hydrogen-bond donors (Lipinski definition) is 1. The molecule has 0 aliphatic rings. The molecule has 0 saturated carbocycles. The minimum atomic E-state index is -3.63. The molecule has 0 bridgehead atoms. The first-order valence-electron chi connectivity index (χ1n) is 8.01. The second-order valence-corrected chi connectivity index (χ2v) is 10.5. The highest BCUT2D eigenvalue weighted by Crippen LogP contribution is 2.25. The summed E-state index contributed by atoms with van der Waals surface area (Å²) in [6.07, 6.45) is 1.09. The average Bonchev–Trinajstić information content (AvgIpc) is 2.49. The molecule has 0 aromatic heterocycles. The van der Waals surface area contributed by atoms with Gasteiger partial charge in [0, 0.05) is 23.1 Å². The number of methoxy groups -OCH3 is 1. The number of ether oxygens (including phenoxy) is 1. The minimum absolute atomic E-state index is 0.121. The van der Waals surface area contributed by atoms with Crippen molar-refractivity contribution in [2.45, 2.75) is 38.5 Å². The normalized spacial score (nSPS) is 13.2. The summed E-state index contributed by atoms with van der Waals surface area (Å²) in [5.74, 6) is 0.961. The first kappa shape index (κ1) is 21.6. The number of nitrogens with zero attached hydrogens (tertiary/aromatic N) is 1.